The Labute approximate surface area is 200 Å². The molecule has 0 radical (unpaired) electrons. The number of carbonyl (C=O) groups is 3. The average molecular weight is 487 g/mol. The van der Waals surface area contributed by atoms with E-state index in [2.05, 4.69) is 10.4 Å². The summed E-state index contributed by atoms with van der Waals surface area (Å²) in [5, 5.41) is 8.78. The van der Waals surface area contributed by atoms with Gasteiger partial charge in [-0.05, 0) is 43.3 Å². The second kappa shape index (κ2) is 9.07. The number of carbonyl (C=O) groups excluding carboxylic acids is 3. The number of nitrogens with one attached hydrogen (secondary N) is 1. The van der Waals surface area contributed by atoms with Gasteiger partial charge in [0, 0.05) is 26.0 Å². The number of benzene rings is 2. The maximum Gasteiger partial charge on any atom is 0.270 e. The highest BCUT2D eigenvalue weighted by atomic mass is 35.5. The quantitative estimate of drug-likeness (QED) is 0.652. The third-order valence-electron chi connectivity index (χ3n) is 5.28. The van der Waals surface area contributed by atoms with E-state index in [1.165, 1.54) is 18.9 Å². The summed E-state index contributed by atoms with van der Waals surface area (Å²) < 4.78 is 5.77. The number of halogens is 1. The van der Waals surface area contributed by atoms with Crippen LogP contribution in [0.5, 0.6) is 5.75 Å². The molecular weight excluding hydrogens is 464 g/mol. The first kappa shape index (κ1) is 23.1. The molecule has 172 valence electrons. The van der Waals surface area contributed by atoms with Crippen molar-refractivity contribution in [1.29, 1.82) is 0 Å². The van der Waals surface area contributed by atoms with Crippen molar-refractivity contribution in [1.82, 2.24) is 10.3 Å². The minimum atomic E-state index is -1.39. The normalized spacial score (nSPS) is 19.0. The fraction of sp³-hybridized carbons (Fsp3) is 0.304. The molecular formula is C23H23ClN4O4S. The van der Waals surface area contributed by atoms with Crippen LogP contribution in [0.1, 0.15) is 31.4 Å². The Bertz CT molecular complexity index is 1170. The second-order valence-electron chi connectivity index (χ2n) is 7.77. The van der Waals surface area contributed by atoms with Crippen molar-refractivity contribution in [3.05, 3.63) is 58.6 Å². The SMILES string of the molecule is CC(=O)NC1=NN(C(C)=O)C2(S1)C(=O)N(CCCOc1ccccc1Cl)c1ccc(C)cc12. The van der Waals surface area contributed by atoms with Crippen LogP contribution in [-0.2, 0) is 19.3 Å². The van der Waals surface area contributed by atoms with E-state index >= 15 is 0 Å². The molecule has 0 bridgehead atoms. The molecule has 0 saturated carbocycles. The van der Waals surface area contributed by atoms with Gasteiger partial charge in [0.05, 0.1) is 17.3 Å². The molecule has 33 heavy (non-hydrogen) atoms. The number of thioether (sulfide) groups is 1. The van der Waals surface area contributed by atoms with Gasteiger partial charge in [-0.25, -0.2) is 0 Å². The smallest absolute Gasteiger partial charge is 0.270 e. The number of fused-ring (bicyclic) bond motifs is 2. The largest absolute Gasteiger partial charge is 0.492 e. The van der Waals surface area contributed by atoms with Crippen LogP contribution in [-0.4, -0.2) is 41.0 Å². The summed E-state index contributed by atoms with van der Waals surface area (Å²) in [6, 6.07) is 12.9. The number of hydrazone groups is 1. The van der Waals surface area contributed by atoms with Crippen LogP contribution >= 0.6 is 23.4 Å². The number of anilines is 1. The Morgan fingerprint density at radius 2 is 1.97 bits per heavy atom. The van der Waals surface area contributed by atoms with Crippen molar-refractivity contribution < 1.29 is 19.1 Å². The van der Waals surface area contributed by atoms with Crippen molar-refractivity contribution in [3.63, 3.8) is 0 Å². The fourth-order valence-corrected chi connectivity index (χ4v) is 5.43. The van der Waals surface area contributed by atoms with E-state index in [0.29, 0.717) is 41.6 Å². The number of ether oxygens (including phenoxy) is 1. The summed E-state index contributed by atoms with van der Waals surface area (Å²) in [7, 11) is 0. The molecule has 1 N–H and O–H groups in total. The number of amides is 3. The molecule has 1 spiro atoms. The van der Waals surface area contributed by atoms with Crippen LogP contribution in [0.3, 0.4) is 0 Å². The molecule has 1 unspecified atom stereocenters. The highest BCUT2D eigenvalue weighted by molar-refractivity contribution is 8.15. The zero-order valence-corrected chi connectivity index (χ0v) is 20.0. The van der Waals surface area contributed by atoms with Crippen molar-refractivity contribution in [2.75, 3.05) is 18.1 Å². The molecule has 0 fully saturated rings. The first-order valence-electron chi connectivity index (χ1n) is 10.4. The zero-order valence-electron chi connectivity index (χ0n) is 18.4. The predicted molar refractivity (Wildman–Crippen MR) is 128 cm³/mol. The summed E-state index contributed by atoms with van der Waals surface area (Å²) >= 11 is 7.21. The van der Waals surface area contributed by atoms with Crippen molar-refractivity contribution in [2.45, 2.75) is 32.1 Å². The van der Waals surface area contributed by atoms with Gasteiger partial charge in [0.1, 0.15) is 5.75 Å². The van der Waals surface area contributed by atoms with Crippen molar-refractivity contribution in [2.24, 2.45) is 5.10 Å². The second-order valence-corrected chi connectivity index (χ2v) is 9.36. The fourth-order valence-electron chi connectivity index (χ4n) is 3.91. The third kappa shape index (κ3) is 4.18. The van der Waals surface area contributed by atoms with Gasteiger partial charge in [0.25, 0.3) is 5.91 Å². The Morgan fingerprint density at radius 1 is 1.21 bits per heavy atom. The van der Waals surface area contributed by atoms with E-state index < -0.39 is 10.8 Å². The average Bonchev–Trinajstić information content (AvgIpc) is 3.24. The van der Waals surface area contributed by atoms with E-state index in [-0.39, 0.29) is 17.0 Å². The Morgan fingerprint density at radius 3 is 2.67 bits per heavy atom. The molecule has 0 saturated heterocycles. The number of aryl methyl sites for hydroxylation is 1. The maximum absolute atomic E-state index is 13.8. The molecule has 2 aliphatic rings. The molecule has 3 amide bonds. The Kier molecular flexibility index (Phi) is 6.36. The van der Waals surface area contributed by atoms with Crippen LogP contribution in [0.25, 0.3) is 0 Å². The number of amidine groups is 1. The maximum atomic E-state index is 13.8. The standard InChI is InChI=1S/C23H23ClN4O4S/c1-14-9-10-19-17(13-14)23(28(16(3)30)26-22(33-23)25-15(2)29)21(31)27(19)11-6-12-32-20-8-5-4-7-18(20)24/h4-5,7-10,13H,6,11-12H2,1-3H3,(H,25,26,29). The lowest BCUT2D eigenvalue weighted by Gasteiger charge is -2.29. The Hall–Kier alpha value is -3.04. The molecule has 2 aromatic rings. The van der Waals surface area contributed by atoms with E-state index in [1.54, 1.807) is 17.0 Å². The lowest BCUT2D eigenvalue weighted by Crippen LogP contribution is -2.48. The number of nitrogens with zero attached hydrogens (tertiary/aromatic N) is 3. The van der Waals surface area contributed by atoms with Crippen molar-refractivity contribution in [3.8, 4) is 5.75 Å². The lowest BCUT2D eigenvalue weighted by molar-refractivity contribution is -0.139. The third-order valence-corrected chi connectivity index (χ3v) is 6.83. The van der Waals surface area contributed by atoms with Gasteiger partial charge in [-0.3, -0.25) is 14.4 Å². The highest BCUT2D eigenvalue weighted by Crippen LogP contribution is 2.54. The zero-order chi connectivity index (χ0) is 23.8. The summed E-state index contributed by atoms with van der Waals surface area (Å²) in [5.41, 5.74) is 2.33. The molecule has 1 atom stereocenters. The minimum absolute atomic E-state index is 0.211. The molecule has 2 aliphatic heterocycles. The minimum Gasteiger partial charge on any atom is -0.492 e. The molecule has 10 heteroatoms. The first-order valence-corrected chi connectivity index (χ1v) is 11.6. The summed E-state index contributed by atoms with van der Waals surface area (Å²) in [5.74, 6) is -0.426. The van der Waals surface area contributed by atoms with Gasteiger partial charge in [0.2, 0.25) is 16.7 Å². The Balaban J connectivity index is 1.60. The van der Waals surface area contributed by atoms with Crippen LogP contribution < -0.4 is 15.0 Å². The van der Waals surface area contributed by atoms with Gasteiger partial charge in [0.15, 0.2) is 5.17 Å². The van der Waals surface area contributed by atoms with E-state index in [4.69, 9.17) is 16.3 Å². The van der Waals surface area contributed by atoms with Crippen LogP contribution in [0.15, 0.2) is 47.6 Å². The van der Waals surface area contributed by atoms with Crippen LogP contribution in [0.2, 0.25) is 5.02 Å². The van der Waals surface area contributed by atoms with E-state index in [0.717, 1.165) is 17.3 Å². The number of para-hydroxylation sites is 1. The molecule has 8 nitrogen and oxygen atoms in total. The van der Waals surface area contributed by atoms with Gasteiger partial charge in [-0.1, -0.05) is 41.4 Å². The summed E-state index contributed by atoms with van der Waals surface area (Å²) in [6.45, 7) is 5.37. The molecule has 4 rings (SSSR count). The van der Waals surface area contributed by atoms with Gasteiger partial charge in [-0.15, -0.1) is 5.10 Å². The first-order chi connectivity index (χ1) is 15.7. The summed E-state index contributed by atoms with van der Waals surface area (Å²) in [4.78, 5) is 38.2. The number of hydrogen-bond donors (Lipinski definition) is 1. The summed E-state index contributed by atoms with van der Waals surface area (Å²) in [6.07, 6.45) is 0.546. The topological polar surface area (TPSA) is 91.3 Å². The van der Waals surface area contributed by atoms with Gasteiger partial charge < -0.3 is 15.0 Å². The van der Waals surface area contributed by atoms with Crippen molar-refractivity contribution >= 4 is 51.9 Å². The monoisotopic (exact) mass is 486 g/mol. The molecule has 2 aromatic carbocycles. The number of rotatable bonds is 5. The predicted octanol–water partition coefficient (Wildman–Crippen LogP) is 3.62. The van der Waals surface area contributed by atoms with Gasteiger partial charge in [-0.2, -0.15) is 5.01 Å². The van der Waals surface area contributed by atoms with E-state index in [1.807, 2.05) is 37.3 Å². The van der Waals surface area contributed by atoms with Crippen LogP contribution in [0, 0.1) is 6.92 Å². The lowest BCUT2D eigenvalue weighted by atomic mass is 10.0. The number of hydrogen-bond acceptors (Lipinski definition) is 6. The van der Waals surface area contributed by atoms with Crippen LogP contribution in [0.4, 0.5) is 5.69 Å². The highest BCUT2D eigenvalue weighted by Gasteiger charge is 2.61. The molecule has 0 aliphatic carbocycles. The van der Waals surface area contributed by atoms with E-state index in [9.17, 15) is 14.4 Å². The molecule has 2 heterocycles. The van der Waals surface area contributed by atoms with Gasteiger partial charge >= 0.3 is 0 Å². The molecule has 0 aromatic heterocycles.